The molecule has 5 rings (SSSR count). The number of carbonyl (C=O) groups is 1. The Hall–Kier alpha value is -3.12. The van der Waals surface area contributed by atoms with E-state index in [1.165, 1.54) is 0 Å². The number of hydrogen-bond acceptors (Lipinski definition) is 7. The van der Waals surface area contributed by atoms with E-state index in [0.29, 0.717) is 35.1 Å². The minimum atomic E-state index is -1.23. The summed E-state index contributed by atoms with van der Waals surface area (Å²) >= 11 is 0. The molecule has 4 aromatic rings. The second-order valence-corrected chi connectivity index (χ2v) is 18.2. The lowest BCUT2D eigenvalue weighted by molar-refractivity contribution is 0.0859. The maximum absolute atomic E-state index is 13.4. The molecule has 11 heteroatoms. The number of nitrogens with zero attached hydrogens (tertiary/aromatic N) is 5. The molecule has 0 aliphatic carbocycles. The van der Waals surface area contributed by atoms with Gasteiger partial charge < -0.3 is 25.0 Å². The number of ether oxygens (including phenoxy) is 1. The lowest BCUT2D eigenvalue weighted by Crippen LogP contribution is -2.46. The van der Waals surface area contributed by atoms with Gasteiger partial charge in [0.15, 0.2) is 11.5 Å². The van der Waals surface area contributed by atoms with Crippen LogP contribution in [0.3, 0.4) is 0 Å². The number of aliphatic hydroxyl groups excluding tert-OH is 1. The Balaban J connectivity index is 1.55. The molecular weight excluding hydrogens is 522 g/mol. The number of hydrogen-bond donors (Lipinski definition) is 3. The molecule has 1 fully saturated rings. The first-order valence-corrected chi connectivity index (χ1v) is 17.8. The van der Waals surface area contributed by atoms with Crippen molar-refractivity contribution >= 4 is 36.0 Å². The van der Waals surface area contributed by atoms with E-state index < -0.39 is 13.6 Å². The third kappa shape index (κ3) is 6.12. The zero-order chi connectivity index (χ0) is 28.5. The molecule has 3 aromatic heterocycles. The summed E-state index contributed by atoms with van der Waals surface area (Å²) < 4.78 is 9.68. The molecule has 3 N–H and O–H groups in total. The van der Waals surface area contributed by atoms with Crippen LogP contribution in [0.1, 0.15) is 48.7 Å². The van der Waals surface area contributed by atoms with Gasteiger partial charge in [-0.25, -0.2) is 14.6 Å². The number of para-hydroxylation sites is 1. The average Bonchev–Trinajstić information content (AvgIpc) is 3.49. The third-order valence-corrected chi connectivity index (χ3v) is 9.13. The molecule has 1 aliphatic heterocycles. The molecule has 1 amide bonds. The predicted octanol–water partition coefficient (Wildman–Crippen LogP) is 4.05. The number of carbonyl (C=O) groups excluding carboxylic acids is 1. The summed E-state index contributed by atoms with van der Waals surface area (Å²) in [7, 11) is -1.23. The van der Waals surface area contributed by atoms with Crippen molar-refractivity contribution in [3.63, 3.8) is 0 Å². The predicted molar refractivity (Wildman–Crippen MR) is 160 cm³/mol. The molecule has 0 spiro atoms. The normalized spacial score (nSPS) is 15.2. The van der Waals surface area contributed by atoms with Gasteiger partial charge in [-0.3, -0.25) is 4.79 Å². The molecule has 0 unspecified atom stereocenters. The van der Waals surface area contributed by atoms with Crippen LogP contribution in [0.2, 0.25) is 25.7 Å². The number of fused-ring (bicyclic) bond motifs is 2. The fourth-order valence-corrected chi connectivity index (χ4v) is 5.78. The van der Waals surface area contributed by atoms with Crippen LogP contribution in [-0.2, 0) is 11.5 Å². The minimum Gasteiger partial charge on any atom is -0.394 e. The van der Waals surface area contributed by atoms with Crippen LogP contribution in [0.25, 0.3) is 27.9 Å². The Bertz CT molecular complexity index is 1500. The van der Waals surface area contributed by atoms with Crippen LogP contribution >= 0.6 is 0 Å². The van der Waals surface area contributed by atoms with Gasteiger partial charge in [-0.05, 0) is 51.9 Å². The van der Waals surface area contributed by atoms with Crippen LogP contribution in [-0.4, -0.2) is 75.2 Å². The number of piperidine rings is 1. The maximum atomic E-state index is 13.4. The highest BCUT2D eigenvalue weighted by atomic mass is 28.3. The van der Waals surface area contributed by atoms with Crippen molar-refractivity contribution in [3.05, 3.63) is 47.9 Å². The number of aromatic nitrogens is 5. The van der Waals surface area contributed by atoms with Crippen LogP contribution in [0, 0.1) is 0 Å². The fraction of sp³-hybridized carbons (Fsp3) is 0.517. The largest absolute Gasteiger partial charge is 0.394 e. The average molecular weight is 564 g/mol. The van der Waals surface area contributed by atoms with Gasteiger partial charge in [-0.1, -0.05) is 37.8 Å². The van der Waals surface area contributed by atoms with Crippen molar-refractivity contribution in [2.75, 3.05) is 26.3 Å². The standard InChI is InChI=1S/C29H41N7O3Si/c1-29(2,18-37)33-28(38)22-17-35(19-39-14-15-40(3,4)5)27-26(22)32-24(16-31-27)36-23-9-7-6-8-21(23)25(34-36)20-10-12-30-13-11-20/h6-9,16-17,20,30,37H,10-15,18-19H2,1-5H3,(H,33,38). The molecule has 1 aliphatic rings. The smallest absolute Gasteiger partial charge is 0.255 e. The summed E-state index contributed by atoms with van der Waals surface area (Å²) in [6.45, 7) is 13.2. The summed E-state index contributed by atoms with van der Waals surface area (Å²) in [5.41, 5.74) is 2.68. The lowest BCUT2D eigenvalue weighted by Gasteiger charge is -2.23. The number of nitrogens with one attached hydrogen (secondary N) is 2. The van der Waals surface area contributed by atoms with Gasteiger partial charge in [-0.2, -0.15) is 5.10 Å². The van der Waals surface area contributed by atoms with Crippen LogP contribution in [0.15, 0.2) is 36.7 Å². The summed E-state index contributed by atoms with van der Waals surface area (Å²) in [6.07, 6.45) is 5.54. The van der Waals surface area contributed by atoms with Crippen LogP contribution < -0.4 is 10.6 Å². The molecule has 0 atom stereocenters. The van der Waals surface area contributed by atoms with Crippen LogP contribution in [0.4, 0.5) is 0 Å². The zero-order valence-electron chi connectivity index (χ0n) is 24.2. The van der Waals surface area contributed by atoms with Gasteiger partial charge >= 0.3 is 0 Å². The fourth-order valence-electron chi connectivity index (χ4n) is 5.03. The molecule has 1 saturated heterocycles. The van der Waals surface area contributed by atoms with Crippen molar-refractivity contribution in [3.8, 4) is 5.82 Å². The second kappa shape index (κ2) is 11.4. The summed E-state index contributed by atoms with van der Waals surface area (Å²) in [6, 6.07) is 9.26. The first kappa shape index (κ1) is 28.4. The number of benzene rings is 1. The molecule has 40 heavy (non-hydrogen) atoms. The van der Waals surface area contributed by atoms with Gasteiger partial charge in [0.2, 0.25) is 0 Å². The topological polar surface area (TPSA) is 119 Å². The summed E-state index contributed by atoms with van der Waals surface area (Å²) in [5, 5.41) is 22.3. The van der Waals surface area contributed by atoms with Crippen LogP contribution in [0.5, 0.6) is 0 Å². The molecule has 0 saturated carbocycles. The van der Waals surface area contributed by atoms with Gasteiger partial charge in [0.05, 0.1) is 35.1 Å². The Morgan fingerprint density at radius 2 is 1.98 bits per heavy atom. The van der Waals surface area contributed by atoms with Crippen molar-refractivity contribution in [2.45, 2.75) is 70.6 Å². The monoisotopic (exact) mass is 563 g/mol. The molecule has 214 valence electrons. The number of aliphatic hydroxyl groups is 1. The highest BCUT2D eigenvalue weighted by Crippen LogP contribution is 2.32. The molecule has 1 aromatic carbocycles. The van der Waals surface area contributed by atoms with Gasteiger partial charge in [0.1, 0.15) is 12.2 Å². The van der Waals surface area contributed by atoms with E-state index in [0.717, 1.165) is 48.6 Å². The molecular formula is C29H41N7O3Si. The number of rotatable bonds is 10. The highest BCUT2D eigenvalue weighted by molar-refractivity contribution is 6.76. The molecule has 0 bridgehead atoms. The second-order valence-electron chi connectivity index (χ2n) is 12.6. The SMILES string of the molecule is CC(C)(CO)NC(=O)c1cn(COCC[Si](C)(C)C)c2ncc(-n3nc(C4CCNCC4)c4ccccc43)nc12. The Morgan fingerprint density at radius 1 is 1.23 bits per heavy atom. The summed E-state index contributed by atoms with van der Waals surface area (Å²) in [4.78, 5) is 23.1. The maximum Gasteiger partial charge on any atom is 0.255 e. The van der Waals surface area contributed by atoms with E-state index in [1.54, 1.807) is 26.2 Å². The van der Waals surface area contributed by atoms with E-state index in [9.17, 15) is 9.90 Å². The molecule has 0 radical (unpaired) electrons. The van der Waals surface area contributed by atoms with Crippen molar-refractivity contribution in [1.82, 2.24) is 34.9 Å². The van der Waals surface area contributed by atoms with Crippen molar-refractivity contribution in [2.24, 2.45) is 0 Å². The first-order chi connectivity index (χ1) is 19.1. The number of amides is 1. The Kier molecular flexibility index (Phi) is 8.09. The van der Waals surface area contributed by atoms with Gasteiger partial charge in [0.25, 0.3) is 5.91 Å². The van der Waals surface area contributed by atoms with E-state index in [2.05, 4.69) is 36.3 Å². The highest BCUT2D eigenvalue weighted by Gasteiger charge is 2.26. The Labute approximate surface area is 236 Å². The van der Waals surface area contributed by atoms with E-state index >= 15 is 0 Å². The lowest BCUT2D eigenvalue weighted by atomic mass is 9.93. The van der Waals surface area contributed by atoms with Gasteiger partial charge in [0, 0.05) is 32.2 Å². The van der Waals surface area contributed by atoms with Crippen molar-refractivity contribution in [1.29, 1.82) is 0 Å². The van der Waals surface area contributed by atoms with E-state index in [1.807, 2.05) is 27.4 Å². The minimum absolute atomic E-state index is 0.188. The molecule has 4 heterocycles. The first-order valence-electron chi connectivity index (χ1n) is 14.1. The third-order valence-electron chi connectivity index (χ3n) is 7.43. The summed E-state index contributed by atoms with van der Waals surface area (Å²) in [5.74, 6) is 0.606. The van der Waals surface area contributed by atoms with Crippen molar-refractivity contribution < 1.29 is 14.6 Å². The zero-order valence-corrected chi connectivity index (χ0v) is 25.2. The molecule has 10 nitrogen and oxygen atoms in total. The van der Waals surface area contributed by atoms with E-state index in [-0.39, 0.29) is 19.2 Å². The Morgan fingerprint density at radius 3 is 2.70 bits per heavy atom. The van der Waals surface area contributed by atoms with E-state index in [4.69, 9.17) is 19.8 Å². The quantitative estimate of drug-likeness (QED) is 0.197. The van der Waals surface area contributed by atoms with Gasteiger partial charge in [-0.15, -0.1) is 0 Å².